The summed E-state index contributed by atoms with van der Waals surface area (Å²) in [7, 11) is 0. The second kappa shape index (κ2) is 8.55. The molecule has 8 heteroatoms. The summed E-state index contributed by atoms with van der Waals surface area (Å²) in [6.45, 7) is 3.10. The van der Waals surface area contributed by atoms with Crippen molar-refractivity contribution < 1.29 is 18.8 Å². The number of imide groups is 1. The smallest absolute Gasteiger partial charge is 0.325 e. The van der Waals surface area contributed by atoms with Crippen LogP contribution in [0.3, 0.4) is 0 Å². The van der Waals surface area contributed by atoms with E-state index in [9.17, 15) is 18.8 Å². The second-order valence-corrected chi connectivity index (χ2v) is 8.86. The quantitative estimate of drug-likeness (QED) is 0.559. The van der Waals surface area contributed by atoms with Crippen LogP contribution in [-0.2, 0) is 15.1 Å². The molecule has 1 saturated heterocycles. The summed E-state index contributed by atoms with van der Waals surface area (Å²) in [6.07, 6.45) is 0. The first-order valence-electron chi connectivity index (χ1n) is 10.1. The van der Waals surface area contributed by atoms with Crippen molar-refractivity contribution >= 4 is 29.2 Å². The average molecular weight is 452 g/mol. The molecule has 0 saturated carbocycles. The monoisotopic (exact) mass is 451 g/mol. The number of aryl methyl sites for hydroxylation is 1. The number of carbonyl (C=O) groups excluding carboxylic acids is 3. The van der Waals surface area contributed by atoms with Gasteiger partial charge in [-0.3, -0.25) is 14.5 Å². The molecule has 32 heavy (non-hydrogen) atoms. The van der Waals surface area contributed by atoms with Crippen molar-refractivity contribution in [2.24, 2.45) is 0 Å². The molecule has 4 rings (SSSR count). The minimum absolute atomic E-state index is 0.396. The molecule has 2 N–H and O–H groups in total. The van der Waals surface area contributed by atoms with Crippen LogP contribution in [0.1, 0.15) is 34.5 Å². The molecule has 0 bridgehead atoms. The summed E-state index contributed by atoms with van der Waals surface area (Å²) < 4.78 is 13.3. The fourth-order valence-electron chi connectivity index (χ4n) is 3.70. The minimum Gasteiger partial charge on any atom is -0.343 e. The fraction of sp³-hybridized carbons (Fsp3) is 0.208. The van der Waals surface area contributed by atoms with Gasteiger partial charge in [0.1, 0.15) is 17.9 Å². The lowest BCUT2D eigenvalue weighted by Crippen LogP contribution is -2.44. The Morgan fingerprint density at radius 2 is 1.81 bits per heavy atom. The predicted molar refractivity (Wildman–Crippen MR) is 119 cm³/mol. The first-order valence-corrected chi connectivity index (χ1v) is 11.0. The Balaban J connectivity index is 1.52. The van der Waals surface area contributed by atoms with E-state index in [0.29, 0.717) is 5.56 Å². The molecular formula is C24H22FN3O3S. The third kappa shape index (κ3) is 4.13. The van der Waals surface area contributed by atoms with Gasteiger partial charge in [0.15, 0.2) is 0 Å². The summed E-state index contributed by atoms with van der Waals surface area (Å²) in [5.41, 5.74) is 1.08. The molecule has 2 unspecified atom stereocenters. The summed E-state index contributed by atoms with van der Waals surface area (Å²) in [5.74, 6) is -1.47. The first kappa shape index (κ1) is 21.7. The van der Waals surface area contributed by atoms with Crippen LogP contribution in [0.5, 0.6) is 0 Å². The number of nitrogens with zero attached hydrogens (tertiary/aromatic N) is 1. The highest BCUT2D eigenvalue weighted by molar-refractivity contribution is 7.10. The molecule has 1 aromatic heterocycles. The molecule has 4 amide bonds. The van der Waals surface area contributed by atoms with Crippen LogP contribution in [0.2, 0.25) is 0 Å². The Bertz CT molecular complexity index is 1150. The van der Waals surface area contributed by atoms with Crippen LogP contribution >= 0.6 is 11.3 Å². The number of thiophene rings is 1. The summed E-state index contributed by atoms with van der Waals surface area (Å²) in [4.78, 5) is 40.3. The number of carbonyl (C=O) groups is 3. The van der Waals surface area contributed by atoms with Gasteiger partial charge < -0.3 is 10.6 Å². The molecule has 1 aliphatic rings. The van der Waals surface area contributed by atoms with E-state index < -0.39 is 41.8 Å². The lowest BCUT2D eigenvalue weighted by atomic mass is 9.92. The molecule has 1 aliphatic heterocycles. The van der Waals surface area contributed by atoms with Gasteiger partial charge in [-0.1, -0.05) is 48.0 Å². The average Bonchev–Trinajstić information content (AvgIpc) is 3.37. The third-order valence-electron chi connectivity index (χ3n) is 5.54. The molecule has 2 atom stereocenters. The molecule has 0 radical (unpaired) electrons. The highest BCUT2D eigenvalue weighted by Gasteiger charge is 2.49. The Morgan fingerprint density at radius 1 is 1.12 bits per heavy atom. The van der Waals surface area contributed by atoms with Gasteiger partial charge in [0.25, 0.3) is 5.91 Å². The summed E-state index contributed by atoms with van der Waals surface area (Å²) in [5, 5.41) is 7.50. The van der Waals surface area contributed by atoms with Crippen LogP contribution in [0.4, 0.5) is 9.18 Å². The molecule has 1 fully saturated rings. The Morgan fingerprint density at radius 3 is 2.44 bits per heavy atom. The van der Waals surface area contributed by atoms with E-state index in [1.807, 2.05) is 48.7 Å². The van der Waals surface area contributed by atoms with Gasteiger partial charge >= 0.3 is 6.03 Å². The highest BCUT2D eigenvalue weighted by Crippen LogP contribution is 2.30. The molecule has 0 aliphatic carbocycles. The van der Waals surface area contributed by atoms with E-state index in [-0.39, 0.29) is 0 Å². The van der Waals surface area contributed by atoms with Crippen LogP contribution < -0.4 is 10.6 Å². The molecule has 2 aromatic carbocycles. The van der Waals surface area contributed by atoms with Crippen LogP contribution in [0.25, 0.3) is 0 Å². The van der Waals surface area contributed by atoms with Crippen molar-refractivity contribution in [3.05, 3.63) is 93.4 Å². The van der Waals surface area contributed by atoms with Crippen LogP contribution in [0, 0.1) is 12.7 Å². The Kier molecular flexibility index (Phi) is 5.80. The van der Waals surface area contributed by atoms with E-state index in [4.69, 9.17) is 0 Å². The van der Waals surface area contributed by atoms with Crippen molar-refractivity contribution in [3.63, 3.8) is 0 Å². The minimum atomic E-state index is -1.37. The number of benzene rings is 2. The largest absolute Gasteiger partial charge is 0.343 e. The van der Waals surface area contributed by atoms with E-state index in [2.05, 4.69) is 10.6 Å². The first-order chi connectivity index (χ1) is 15.3. The van der Waals surface area contributed by atoms with Gasteiger partial charge in [-0.05, 0) is 48.6 Å². The van der Waals surface area contributed by atoms with E-state index in [1.165, 1.54) is 35.6 Å². The number of hydrogen-bond donors (Lipinski definition) is 2. The summed E-state index contributed by atoms with van der Waals surface area (Å²) in [6, 6.07) is 15.9. The van der Waals surface area contributed by atoms with Gasteiger partial charge in [-0.2, -0.15) is 0 Å². The molecule has 2 heterocycles. The second-order valence-electron chi connectivity index (χ2n) is 7.88. The van der Waals surface area contributed by atoms with Crippen molar-refractivity contribution in [2.75, 3.05) is 6.54 Å². The van der Waals surface area contributed by atoms with Crippen LogP contribution in [-0.4, -0.2) is 29.3 Å². The van der Waals surface area contributed by atoms with Crippen LogP contribution in [0.15, 0.2) is 66.0 Å². The van der Waals surface area contributed by atoms with Gasteiger partial charge in [0.05, 0.1) is 6.04 Å². The van der Waals surface area contributed by atoms with Gasteiger partial charge in [-0.25, -0.2) is 9.18 Å². The normalized spacial score (nSPS) is 19.0. The summed E-state index contributed by atoms with van der Waals surface area (Å²) >= 11 is 1.51. The molecule has 6 nitrogen and oxygen atoms in total. The topological polar surface area (TPSA) is 78.5 Å². The molecule has 164 valence electrons. The highest BCUT2D eigenvalue weighted by atomic mass is 32.1. The zero-order valence-corrected chi connectivity index (χ0v) is 18.4. The van der Waals surface area contributed by atoms with E-state index >= 15 is 0 Å². The molecule has 3 aromatic rings. The lowest BCUT2D eigenvalue weighted by molar-refractivity contribution is -0.135. The van der Waals surface area contributed by atoms with Crippen molar-refractivity contribution in [3.8, 4) is 0 Å². The standard InChI is InChI=1S/C24H22FN3O3S/c1-15-5-7-16(8-6-15)21(19-4-3-13-32-19)26-20(29)14-28-22(30)24(2,27-23(28)31)17-9-11-18(25)12-10-17/h3-13,21H,14H2,1-2H3,(H,26,29)(H,27,31). The number of hydrogen-bond acceptors (Lipinski definition) is 4. The van der Waals surface area contributed by atoms with Gasteiger partial charge in [-0.15, -0.1) is 11.3 Å². The maximum absolute atomic E-state index is 13.3. The zero-order valence-electron chi connectivity index (χ0n) is 17.6. The maximum Gasteiger partial charge on any atom is 0.325 e. The zero-order chi connectivity index (χ0) is 22.9. The van der Waals surface area contributed by atoms with E-state index in [1.54, 1.807) is 6.92 Å². The molecular weight excluding hydrogens is 429 g/mol. The number of halogens is 1. The van der Waals surface area contributed by atoms with Gasteiger partial charge in [0, 0.05) is 4.88 Å². The maximum atomic E-state index is 13.3. The van der Waals surface area contributed by atoms with E-state index in [0.717, 1.165) is 20.9 Å². The SMILES string of the molecule is Cc1ccc(C(NC(=O)CN2C(=O)NC(C)(c3ccc(F)cc3)C2=O)c2cccs2)cc1. The van der Waals surface area contributed by atoms with Crippen molar-refractivity contribution in [1.29, 1.82) is 0 Å². The van der Waals surface area contributed by atoms with Gasteiger partial charge in [0.2, 0.25) is 5.91 Å². The third-order valence-corrected chi connectivity index (χ3v) is 6.48. The Labute approximate surface area is 189 Å². The predicted octanol–water partition coefficient (Wildman–Crippen LogP) is 3.87. The van der Waals surface area contributed by atoms with Crippen molar-refractivity contribution in [1.82, 2.24) is 15.5 Å². The number of rotatable bonds is 6. The molecule has 0 spiro atoms. The number of nitrogens with one attached hydrogen (secondary N) is 2. The number of amides is 4. The van der Waals surface area contributed by atoms with Crippen molar-refractivity contribution in [2.45, 2.75) is 25.4 Å². The number of urea groups is 1. The fourth-order valence-corrected chi connectivity index (χ4v) is 4.51. The lowest BCUT2D eigenvalue weighted by Gasteiger charge is -2.23. The Hall–Kier alpha value is -3.52.